The molecule has 0 aromatic heterocycles. The normalized spacial score (nSPS) is 15.7. The molecule has 0 spiro atoms. The Balaban J connectivity index is 1.60. The standard InChI is InChI=1S/C18H20FN3O3S/c1-26(24,25)22-12-10-21(11-13-22)17-8-6-16(7-9-17)20-18(23)14-2-4-15(19)5-3-14/h2-9H,10-13H2,1H3,(H,20,23). The van der Waals surface area contributed by atoms with E-state index in [-0.39, 0.29) is 11.7 Å². The van der Waals surface area contributed by atoms with Gasteiger partial charge in [0.15, 0.2) is 0 Å². The maximum absolute atomic E-state index is 12.9. The van der Waals surface area contributed by atoms with E-state index in [1.807, 2.05) is 12.1 Å². The second-order valence-electron chi connectivity index (χ2n) is 6.16. The Labute approximate surface area is 152 Å². The summed E-state index contributed by atoms with van der Waals surface area (Å²) in [6.45, 7) is 2.16. The number of nitrogens with one attached hydrogen (secondary N) is 1. The highest BCUT2D eigenvalue weighted by Gasteiger charge is 2.23. The number of rotatable bonds is 4. The van der Waals surface area contributed by atoms with E-state index in [2.05, 4.69) is 10.2 Å². The average molecular weight is 377 g/mol. The number of amides is 1. The second-order valence-corrected chi connectivity index (χ2v) is 8.14. The molecule has 0 aliphatic carbocycles. The molecule has 1 saturated heterocycles. The number of piperazine rings is 1. The summed E-state index contributed by atoms with van der Waals surface area (Å²) in [5, 5.41) is 2.77. The van der Waals surface area contributed by atoms with Crippen molar-refractivity contribution in [2.24, 2.45) is 0 Å². The number of carbonyl (C=O) groups is 1. The number of carbonyl (C=O) groups excluding carboxylic acids is 1. The number of benzene rings is 2. The summed E-state index contributed by atoms with van der Waals surface area (Å²) in [5.41, 5.74) is 1.99. The molecule has 0 bridgehead atoms. The molecule has 0 atom stereocenters. The van der Waals surface area contributed by atoms with Gasteiger partial charge in [-0.25, -0.2) is 12.8 Å². The van der Waals surface area contributed by atoms with Crippen molar-refractivity contribution < 1.29 is 17.6 Å². The van der Waals surface area contributed by atoms with Crippen LogP contribution in [0, 0.1) is 5.82 Å². The highest BCUT2D eigenvalue weighted by Crippen LogP contribution is 2.20. The molecule has 6 nitrogen and oxygen atoms in total. The third-order valence-corrected chi connectivity index (χ3v) is 5.61. The first kappa shape index (κ1) is 18.3. The lowest BCUT2D eigenvalue weighted by Gasteiger charge is -2.34. The Kier molecular flexibility index (Phi) is 5.24. The van der Waals surface area contributed by atoms with Gasteiger partial charge in [-0.2, -0.15) is 4.31 Å². The summed E-state index contributed by atoms with van der Waals surface area (Å²) in [5.74, 6) is -0.693. The first-order valence-electron chi connectivity index (χ1n) is 8.20. The number of nitrogens with zero attached hydrogens (tertiary/aromatic N) is 2. The molecule has 8 heteroatoms. The monoisotopic (exact) mass is 377 g/mol. The zero-order chi connectivity index (χ0) is 18.7. The predicted octanol–water partition coefficient (Wildman–Crippen LogP) is 2.16. The summed E-state index contributed by atoms with van der Waals surface area (Å²) >= 11 is 0. The quantitative estimate of drug-likeness (QED) is 0.887. The Morgan fingerprint density at radius 3 is 2.08 bits per heavy atom. The minimum absolute atomic E-state index is 0.306. The maximum Gasteiger partial charge on any atom is 0.255 e. The number of anilines is 2. The van der Waals surface area contributed by atoms with Crippen molar-refractivity contribution >= 4 is 27.3 Å². The topological polar surface area (TPSA) is 69.7 Å². The molecule has 138 valence electrons. The second kappa shape index (κ2) is 7.43. The molecule has 0 unspecified atom stereocenters. The largest absolute Gasteiger partial charge is 0.369 e. The van der Waals surface area contributed by atoms with E-state index < -0.39 is 10.0 Å². The van der Waals surface area contributed by atoms with Crippen LogP contribution in [-0.2, 0) is 10.0 Å². The minimum atomic E-state index is -3.15. The van der Waals surface area contributed by atoms with E-state index in [9.17, 15) is 17.6 Å². The first-order valence-corrected chi connectivity index (χ1v) is 10.0. The Hall–Kier alpha value is -2.45. The zero-order valence-corrected chi connectivity index (χ0v) is 15.2. The molecule has 2 aromatic carbocycles. The molecule has 0 saturated carbocycles. The fourth-order valence-electron chi connectivity index (χ4n) is 2.84. The van der Waals surface area contributed by atoms with Crippen molar-refractivity contribution in [3.8, 4) is 0 Å². The van der Waals surface area contributed by atoms with Crippen LogP contribution in [0.25, 0.3) is 0 Å². The van der Waals surface area contributed by atoms with Gasteiger partial charge in [-0.1, -0.05) is 0 Å². The smallest absolute Gasteiger partial charge is 0.255 e. The van der Waals surface area contributed by atoms with Crippen LogP contribution in [0.1, 0.15) is 10.4 Å². The molecule has 1 aliphatic heterocycles. The van der Waals surface area contributed by atoms with Gasteiger partial charge in [0.05, 0.1) is 6.26 Å². The fourth-order valence-corrected chi connectivity index (χ4v) is 3.66. The predicted molar refractivity (Wildman–Crippen MR) is 99.4 cm³/mol. The van der Waals surface area contributed by atoms with Crippen LogP contribution >= 0.6 is 0 Å². The van der Waals surface area contributed by atoms with Crippen LogP contribution in [0.2, 0.25) is 0 Å². The van der Waals surface area contributed by atoms with Crippen molar-refractivity contribution in [2.75, 3.05) is 42.7 Å². The summed E-state index contributed by atoms with van der Waals surface area (Å²) < 4.78 is 37.5. The van der Waals surface area contributed by atoms with Crippen molar-refractivity contribution in [3.63, 3.8) is 0 Å². The third-order valence-electron chi connectivity index (χ3n) is 4.30. The van der Waals surface area contributed by atoms with Gasteiger partial charge in [0, 0.05) is 43.1 Å². The van der Waals surface area contributed by atoms with Crippen LogP contribution in [0.3, 0.4) is 0 Å². The van der Waals surface area contributed by atoms with E-state index in [4.69, 9.17) is 0 Å². The molecule has 1 N–H and O–H groups in total. The van der Waals surface area contributed by atoms with Gasteiger partial charge >= 0.3 is 0 Å². The molecule has 1 aliphatic rings. The van der Waals surface area contributed by atoms with E-state index in [0.717, 1.165) is 5.69 Å². The molecule has 1 fully saturated rings. The van der Waals surface area contributed by atoms with Gasteiger partial charge in [0.2, 0.25) is 10.0 Å². The lowest BCUT2D eigenvalue weighted by molar-refractivity contribution is 0.102. The van der Waals surface area contributed by atoms with Gasteiger partial charge in [-0.05, 0) is 48.5 Å². The highest BCUT2D eigenvalue weighted by atomic mass is 32.2. The molecule has 1 amide bonds. The van der Waals surface area contributed by atoms with Gasteiger partial charge in [-0.15, -0.1) is 0 Å². The van der Waals surface area contributed by atoms with E-state index in [0.29, 0.717) is 37.4 Å². The summed E-state index contributed by atoms with van der Waals surface area (Å²) in [7, 11) is -3.15. The van der Waals surface area contributed by atoms with Crippen molar-refractivity contribution in [1.82, 2.24) is 4.31 Å². The first-order chi connectivity index (χ1) is 12.3. The molecular formula is C18H20FN3O3S. The number of halogens is 1. The summed E-state index contributed by atoms with van der Waals surface area (Å²) in [6, 6.07) is 12.7. The molecule has 0 radical (unpaired) electrons. The van der Waals surface area contributed by atoms with Gasteiger partial charge in [-0.3, -0.25) is 4.79 Å². The van der Waals surface area contributed by atoms with Crippen molar-refractivity contribution in [3.05, 3.63) is 59.9 Å². The van der Waals surface area contributed by atoms with Crippen LogP contribution in [0.4, 0.5) is 15.8 Å². The van der Waals surface area contributed by atoms with Gasteiger partial charge in [0.1, 0.15) is 5.82 Å². The fraction of sp³-hybridized carbons (Fsp3) is 0.278. The number of sulfonamides is 1. The van der Waals surface area contributed by atoms with Crippen LogP contribution in [-0.4, -0.2) is 51.1 Å². The van der Waals surface area contributed by atoms with E-state index in [1.54, 1.807) is 12.1 Å². The lowest BCUT2D eigenvalue weighted by atomic mass is 10.2. The molecule has 2 aromatic rings. The molecule has 3 rings (SSSR count). The summed E-state index contributed by atoms with van der Waals surface area (Å²) in [6.07, 6.45) is 1.22. The zero-order valence-electron chi connectivity index (χ0n) is 14.4. The van der Waals surface area contributed by atoms with Crippen LogP contribution < -0.4 is 10.2 Å². The molecular weight excluding hydrogens is 357 g/mol. The van der Waals surface area contributed by atoms with E-state index >= 15 is 0 Å². The Bertz CT molecular complexity index is 875. The maximum atomic E-state index is 12.9. The van der Waals surface area contributed by atoms with Gasteiger partial charge in [0.25, 0.3) is 5.91 Å². The Morgan fingerprint density at radius 1 is 0.962 bits per heavy atom. The van der Waals surface area contributed by atoms with Crippen molar-refractivity contribution in [2.45, 2.75) is 0 Å². The van der Waals surface area contributed by atoms with Crippen LogP contribution in [0.5, 0.6) is 0 Å². The minimum Gasteiger partial charge on any atom is -0.369 e. The number of hydrogen-bond acceptors (Lipinski definition) is 4. The average Bonchev–Trinajstić information content (AvgIpc) is 2.62. The number of hydrogen-bond donors (Lipinski definition) is 1. The molecule has 26 heavy (non-hydrogen) atoms. The lowest BCUT2D eigenvalue weighted by Crippen LogP contribution is -2.48. The SMILES string of the molecule is CS(=O)(=O)N1CCN(c2ccc(NC(=O)c3ccc(F)cc3)cc2)CC1. The third kappa shape index (κ3) is 4.39. The van der Waals surface area contributed by atoms with E-state index in [1.165, 1.54) is 34.8 Å². The summed E-state index contributed by atoms with van der Waals surface area (Å²) in [4.78, 5) is 14.2. The Morgan fingerprint density at radius 2 is 1.54 bits per heavy atom. The van der Waals surface area contributed by atoms with Gasteiger partial charge < -0.3 is 10.2 Å². The highest BCUT2D eigenvalue weighted by molar-refractivity contribution is 7.88. The molecule has 1 heterocycles. The van der Waals surface area contributed by atoms with Crippen LogP contribution in [0.15, 0.2) is 48.5 Å². The van der Waals surface area contributed by atoms with Crippen molar-refractivity contribution in [1.29, 1.82) is 0 Å².